The molecular formula is C28H37ClN3O2RuS. The zero-order chi connectivity index (χ0) is 26.6. The van der Waals surface area contributed by atoms with Gasteiger partial charge >= 0.3 is 27.0 Å². The zero-order valence-electron chi connectivity index (χ0n) is 21.2. The normalized spacial score (nSPS) is 15.5. The van der Waals surface area contributed by atoms with Gasteiger partial charge in [-0.3, -0.25) is 0 Å². The summed E-state index contributed by atoms with van der Waals surface area (Å²) in [6.07, 6.45) is 2.89. The standard InChI is InChI=1S/C19H25N3O2S.C9H12.ClH.Ru/c20-18(16-10-4-1-5-11-16)19(17-12-6-2-7-13-17)21-25(23,24)22-14-8-3-9-15-22;1-7-4-8(2)6-9(3)5-7;;/h1-2,4-7,10-13,18-19,21H,3,8-9,14-15,20H2;4-6H,1-3H3;1H;/q;;;+1/p-1/t18-,19-;;;/m0.../s1. The fourth-order valence-electron chi connectivity index (χ4n) is 4.42. The summed E-state index contributed by atoms with van der Waals surface area (Å²) in [6, 6.07) is 24.7. The van der Waals surface area contributed by atoms with Crippen LogP contribution in [0.4, 0.5) is 0 Å². The SMILES string of the molecule is Cc1cc(C)cc(C)c1.N[C@@H](c1ccccc1)[C@@H](NS(=O)(=O)N1CCCCC1)c1ccccc1.[Cl][Ru]. The van der Waals surface area contributed by atoms with Crippen molar-refractivity contribution in [2.45, 2.75) is 52.1 Å². The Morgan fingerprint density at radius 3 is 1.64 bits per heavy atom. The van der Waals surface area contributed by atoms with Gasteiger partial charge in [0.1, 0.15) is 0 Å². The first kappa shape index (κ1) is 30.6. The molecule has 0 radical (unpaired) electrons. The van der Waals surface area contributed by atoms with E-state index in [4.69, 9.17) is 5.73 Å². The Morgan fingerprint density at radius 1 is 0.778 bits per heavy atom. The molecule has 36 heavy (non-hydrogen) atoms. The van der Waals surface area contributed by atoms with Crippen LogP contribution in [0.1, 0.15) is 59.2 Å². The molecule has 2 atom stereocenters. The number of aryl methyl sites for hydroxylation is 3. The first-order valence-corrected chi connectivity index (χ1v) is 15.8. The van der Waals surface area contributed by atoms with Crippen LogP contribution in [0, 0.1) is 20.8 Å². The van der Waals surface area contributed by atoms with E-state index in [0.29, 0.717) is 13.1 Å². The van der Waals surface area contributed by atoms with E-state index in [1.165, 1.54) is 21.0 Å². The second-order valence-electron chi connectivity index (χ2n) is 9.07. The van der Waals surface area contributed by atoms with Crippen LogP contribution in [0.15, 0.2) is 78.9 Å². The number of nitrogens with zero attached hydrogens (tertiary/aromatic N) is 1. The molecule has 3 aromatic rings. The summed E-state index contributed by atoms with van der Waals surface area (Å²) in [5.41, 5.74) is 12.3. The van der Waals surface area contributed by atoms with Crippen LogP contribution in [0.5, 0.6) is 0 Å². The van der Waals surface area contributed by atoms with E-state index in [2.05, 4.69) is 53.4 Å². The summed E-state index contributed by atoms with van der Waals surface area (Å²) in [7, 11) is 0.989. The van der Waals surface area contributed by atoms with Gasteiger partial charge in [-0.05, 0) is 44.7 Å². The molecule has 0 amide bonds. The maximum absolute atomic E-state index is 12.9. The first-order chi connectivity index (χ1) is 17.3. The zero-order valence-corrected chi connectivity index (χ0v) is 24.5. The molecule has 1 aliphatic rings. The number of piperidine rings is 1. The van der Waals surface area contributed by atoms with Gasteiger partial charge in [-0.25, -0.2) is 0 Å². The molecule has 1 aliphatic heterocycles. The molecule has 4 rings (SSSR count). The number of hydrogen-bond donors (Lipinski definition) is 2. The molecule has 0 aromatic heterocycles. The second kappa shape index (κ2) is 15.6. The Morgan fingerprint density at radius 2 is 1.19 bits per heavy atom. The average Bonchev–Trinajstić information content (AvgIpc) is 2.89. The number of rotatable bonds is 6. The monoisotopic (exact) mass is 616 g/mol. The van der Waals surface area contributed by atoms with Crippen LogP contribution < -0.4 is 10.5 Å². The summed E-state index contributed by atoms with van der Waals surface area (Å²) < 4.78 is 30.1. The van der Waals surface area contributed by atoms with Gasteiger partial charge < -0.3 is 5.73 Å². The van der Waals surface area contributed by atoms with E-state index >= 15 is 0 Å². The molecule has 1 heterocycles. The minimum absolute atomic E-state index is 0.469. The van der Waals surface area contributed by atoms with Crippen molar-refractivity contribution in [3.05, 3.63) is 107 Å². The van der Waals surface area contributed by atoms with E-state index in [1.54, 1.807) is 0 Å². The molecule has 0 spiro atoms. The average molecular weight is 616 g/mol. The number of nitrogens with one attached hydrogen (secondary N) is 1. The molecule has 1 saturated heterocycles. The molecule has 5 nitrogen and oxygen atoms in total. The Balaban J connectivity index is 0.000000347. The fourth-order valence-corrected chi connectivity index (χ4v) is 5.91. The van der Waals surface area contributed by atoms with Gasteiger partial charge in [-0.2, -0.15) is 17.4 Å². The van der Waals surface area contributed by atoms with Crippen molar-refractivity contribution in [2.75, 3.05) is 13.1 Å². The van der Waals surface area contributed by atoms with E-state index in [1.807, 2.05) is 78.0 Å². The molecule has 3 aromatic carbocycles. The first-order valence-electron chi connectivity index (χ1n) is 12.1. The molecule has 0 saturated carbocycles. The predicted molar refractivity (Wildman–Crippen MR) is 147 cm³/mol. The topological polar surface area (TPSA) is 75.4 Å². The van der Waals surface area contributed by atoms with E-state index in [9.17, 15) is 8.42 Å². The van der Waals surface area contributed by atoms with E-state index < -0.39 is 22.3 Å². The number of hydrogen-bond acceptors (Lipinski definition) is 3. The van der Waals surface area contributed by atoms with E-state index in [-0.39, 0.29) is 0 Å². The van der Waals surface area contributed by atoms with Crippen LogP contribution in [0.3, 0.4) is 0 Å². The Kier molecular flexibility index (Phi) is 13.3. The summed E-state index contributed by atoms with van der Waals surface area (Å²) in [4.78, 5) is 0. The van der Waals surface area contributed by atoms with Crippen LogP contribution >= 0.6 is 9.69 Å². The molecule has 0 unspecified atom stereocenters. The van der Waals surface area contributed by atoms with Gasteiger partial charge in [0.05, 0.1) is 12.1 Å². The van der Waals surface area contributed by atoms with Crippen molar-refractivity contribution in [1.82, 2.24) is 9.03 Å². The van der Waals surface area contributed by atoms with Crippen molar-refractivity contribution >= 4 is 19.9 Å². The fraction of sp³-hybridized carbons (Fsp3) is 0.357. The Hall–Kier alpha value is -1.60. The number of nitrogens with two attached hydrogens (primary N) is 1. The van der Waals surface area contributed by atoms with Crippen LogP contribution in [-0.2, 0) is 27.5 Å². The molecule has 0 bridgehead atoms. The summed E-state index contributed by atoms with van der Waals surface area (Å²) >= 11 is 1.82. The second-order valence-corrected chi connectivity index (χ2v) is 10.8. The van der Waals surface area contributed by atoms with Crippen LogP contribution in [-0.4, -0.2) is 25.8 Å². The molecule has 1 fully saturated rings. The van der Waals surface area contributed by atoms with Gasteiger partial charge in [0, 0.05) is 13.1 Å². The van der Waals surface area contributed by atoms with Crippen molar-refractivity contribution in [2.24, 2.45) is 5.73 Å². The predicted octanol–water partition coefficient (Wildman–Crippen LogP) is 6.05. The molecule has 197 valence electrons. The van der Waals surface area contributed by atoms with Gasteiger partial charge in [-0.1, -0.05) is 102 Å². The molecular weight excluding hydrogens is 579 g/mol. The third-order valence-electron chi connectivity index (χ3n) is 6.00. The third-order valence-corrected chi connectivity index (χ3v) is 7.60. The third kappa shape index (κ3) is 9.70. The van der Waals surface area contributed by atoms with Crippen LogP contribution in [0.25, 0.3) is 0 Å². The van der Waals surface area contributed by atoms with Gasteiger partial charge in [0.25, 0.3) is 10.2 Å². The van der Waals surface area contributed by atoms with Crippen molar-refractivity contribution in [1.29, 1.82) is 0 Å². The number of halogens is 1. The van der Waals surface area contributed by atoms with Gasteiger partial charge in [0.2, 0.25) is 0 Å². The summed E-state index contributed by atoms with van der Waals surface area (Å²) in [5.74, 6) is 0. The quantitative estimate of drug-likeness (QED) is 0.332. The van der Waals surface area contributed by atoms with Crippen LogP contribution in [0.2, 0.25) is 0 Å². The molecule has 0 aliphatic carbocycles. The Labute approximate surface area is 231 Å². The van der Waals surface area contributed by atoms with Crippen molar-refractivity contribution in [3.8, 4) is 0 Å². The minimum atomic E-state index is -3.58. The molecule has 3 N–H and O–H groups in total. The molecule has 8 heteroatoms. The number of benzene rings is 3. The van der Waals surface area contributed by atoms with E-state index in [0.717, 1.165) is 30.4 Å². The van der Waals surface area contributed by atoms with Crippen molar-refractivity contribution < 1.29 is 25.7 Å². The van der Waals surface area contributed by atoms with Crippen molar-refractivity contribution in [3.63, 3.8) is 0 Å². The summed E-state index contributed by atoms with van der Waals surface area (Å²) in [6.45, 7) is 7.51. The van der Waals surface area contributed by atoms with Gasteiger partial charge in [-0.15, -0.1) is 0 Å². The summed E-state index contributed by atoms with van der Waals surface area (Å²) in [5, 5.41) is 0. The Bertz CT molecular complexity index is 1090. The maximum atomic E-state index is 12.9. The van der Waals surface area contributed by atoms with Gasteiger partial charge in [0.15, 0.2) is 0 Å².